The van der Waals surface area contributed by atoms with E-state index in [1.165, 1.54) is 18.2 Å². The molecule has 0 aliphatic carbocycles. The van der Waals surface area contributed by atoms with Crippen molar-refractivity contribution in [1.82, 2.24) is 4.31 Å². The molecule has 3 rings (SSSR count). The van der Waals surface area contributed by atoms with Gasteiger partial charge in [-0.25, -0.2) is 8.42 Å². The molecule has 0 aromatic heterocycles. The topological polar surface area (TPSA) is 75.7 Å². The number of hydrogen-bond acceptors (Lipinski definition) is 4. The number of anilines is 1. The summed E-state index contributed by atoms with van der Waals surface area (Å²) >= 11 is 12.0. The summed E-state index contributed by atoms with van der Waals surface area (Å²) in [6.45, 7) is 1.94. The van der Waals surface area contributed by atoms with E-state index in [4.69, 9.17) is 27.9 Å². The van der Waals surface area contributed by atoms with Gasteiger partial charge in [0.1, 0.15) is 5.75 Å². The number of amides is 1. The van der Waals surface area contributed by atoms with Crippen LogP contribution in [-0.2, 0) is 21.4 Å². The molecule has 0 fully saturated rings. The van der Waals surface area contributed by atoms with E-state index in [0.717, 1.165) is 9.87 Å². The Kier molecular flexibility index (Phi) is 8.15. The van der Waals surface area contributed by atoms with Gasteiger partial charge < -0.3 is 10.1 Å². The quantitative estimate of drug-likeness (QED) is 0.444. The molecule has 3 aromatic carbocycles. The molecule has 0 unspecified atom stereocenters. The normalized spacial score (nSPS) is 11.4. The molecule has 168 valence electrons. The van der Waals surface area contributed by atoms with Crippen LogP contribution >= 0.6 is 23.2 Å². The molecule has 6 nitrogen and oxygen atoms in total. The number of carbonyl (C=O) groups is 1. The molecule has 0 spiro atoms. The van der Waals surface area contributed by atoms with Gasteiger partial charge in [-0.15, -0.1) is 0 Å². The Hall–Kier alpha value is -2.58. The number of carbonyl (C=O) groups excluding carboxylic acids is 1. The van der Waals surface area contributed by atoms with E-state index < -0.39 is 22.5 Å². The van der Waals surface area contributed by atoms with Crippen LogP contribution in [-0.4, -0.2) is 31.8 Å². The van der Waals surface area contributed by atoms with E-state index in [1.54, 1.807) is 36.4 Å². The molecule has 0 aliphatic rings. The first kappa shape index (κ1) is 24.1. The molecule has 0 atom stereocenters. The van der Waals surface area contributed by atoms with Gasteiger partial charge in [-0.3, -0.25) is 4.79 Å². The summed E-state index contributed by atoms with van der Waals surface area (Å²) in [5.41, 5.74) is 1.10. The Labute approximate surface area is 197 Å². The van der Waals surface area contributed by atoms with E-state index in [-0.39, 0.29) is 16.5 Å². The van der Waals surface area contributed by atoms with Crippen LogP contribution in [0.5, 0.6) is 5.75 Å². The highest BCUT2D eigenvalue weighted by Crippen LogP contribution is 2.26. The summed E-state index contributed by atoms with van der Waals surface area (Å²) in [6.07, 6.45) is 0. The number of sulfonamides is 1. The minimum Gasteiger partial charge on any atom is -0.494 e. The van der Waals surface area contributed by atoms with Gasteiger partial charge in [-0.2, -0.15) is 4.31 Å². The number of ether oxygens (including phenoxy) is 1. The van der Waals surface area contributed by atoms with Crippen molar-refractivity contribution in [3.63, 3.8) is 0 Å². The van der Waals surface area contributed by atoms with Crippen LogP contribution in [0.25, 0.3) is 0 Å². The van der Waals surface area contributed by atoms with E-state index in [2.05, 4.69) is 5.32 Å². The van der Waals surface area contributed by atoms with E-state index in [0.29, 0.717) is 23.1 Å². The second-order valence-corrected chi connectivity index (χ2v) is 9.62. The average molecular weight is 493 g/mol. The van der Waals surface area contributed by atoms with Crippen LogP contribution in [0.2, 0.25) is 10.0 Å². The number of hydrogen-bond donors (Lipinski definition) is 1. The molecular weight excluding hydrogens is 471 g/mol. The lowest BCUT2D eigenvalue weighted by molar-refractivity contribution is -0.116. The maximum Gasteiger partial charge on any atom is 0.243 e. The van der Waals surface area contributed by atoms with E-state index >= 15 is 0 Å². The lowest BCUT2D eigenvalue weighted by Crippen LogP contribution is -2.37. The van der Waals surface area contributed by atoms with Gasteiger partial charge in [0.2, 0.25) is 15.9 Å². The molecule has 32 heavy (non-hydrogen) atoms. The van der Waals surface area contributed by atoms with Crippen LogP contribution in [0.1, 0.15) is 12.5 Å². The van der Waals surface area contributed by atoms with Gasteiger partial charge in [0.25, 0.3) is 0 Å². The smallest absolute Gasteiger partial charge is 0.243 e. The summed E-state index contributed by atoms with van der Waals surface area (Å²) in [6, 6.07) is 19.8. The molecule has 3 aromatic rings. The first-order valence-electron chi connectivity index (χ1n) is 9.81. The third-order valence-corrected chi connectivity index (χ3v) is 6.85. The lowest BCUT2D eigenvalue weighted by Gasteiger charge is -2.22. The van der Waals surface area contributed by atoms with Crippen molar-refractivity contribution in [2.45, 2.75) is 18.4 Å². The zero-order valence-corrected chi connectivity index (χ0v) is 19.6. The third-order valence-electron chi connectivity index (χ3n) is 4.50. The maximum atomic E-state index is 13.4. The SMILES string of the molecule is CCOc1ccc(S(=O)(=O)N(CC(=O)Nc2ccc(Cl)cc2Cl)Cc2ccccc2)cc1. The minimum atomic E-state index is -3.97. The predicted octanol–water partition coefficient (Wildman–Crippen LogP) is 5.22. The second kappa shape index (κ2) is 10.8. The summed E-state index contributed by atoms with van der Waals surface area (Å²) < 4.78 is 33.2. The number of nitrogens with zero attached hydrogens (tertiary/aromatic N) is 1. The maximum absolute atomic E-state index is 13.4. The number of rotatable bonds is 9. The monoisotopic (exact) mass is 492 g/mol. The Balaban J connectivity index is 1.86. The molecule has 9 heteroatoms. The highest BCUT2D eigenvalue weighted by Gasteiger charge is 2.27. The molecular formula is C23H22Cl2N2O4S. The van der Waals surface area contributed by atoms with Crippen molar-refractivity contribution in [1.29, 1.82) is 0 Å². The Bertz CT molecular complexity index is 1170. The summed E-state index contributed by atoms with van der Waals surface area (Å²) in [5, 5.41) is 3.33. The lowest BCUT2D eigenvalue weighted by atomic mass is 10.2. The number of nitrogens with one attached hydrogen (secondary N) is 1. The molecule has 0 saturated carbocycles. The van der Waals surface area contributed by atoms with Crippen molar-refractivity contribution in [3.8, 4) is 5.75 Å². The van der Waals surface area contributed by atoms with Gasteiger partial charge in [0.05, 0.1) is 28.8 Å². The standard InChI is InChI=1S/C23H22Cl2N2O4S/c1-2-31-19-9-11-20(12-10-19)32(29,30)27(15-17-6-4-3-5-7-17)16-23(28)26-22-13-8-18(24)14-21(22)25/h3-14H,2,15-16H2,1H3,(H,26,28). The molecule has 0 heterocycles. The molecule has 0 radical (unpaired) electrons. The van der Waals surface area contributed by atoms with Crippen LogP contribution in [0, 0.1) is 0 Å². The van der Waals surface area contributed by atoms with Gasteiger partial charge in [0.15, 0.2) is 0 Å². The highest BCUT2D eigenvalue weighted by molar-refractivity contribution is 7.89. The van der Waals surface area contributed by atoms with Crippen molar-refractivity contribution in [2.75, 3.05) is 18.5 Å². The highest BCUT2D eigenvalue weighted by atomic mass is 35.5. The molecule has 1 amide bonds. The number of benzene rings is 3. The van der Waals surface area contributed by atoms with Crippen molar-refractivity contribution in [3.05, 3.63) is 88.4 Å². The van der Waals surface area contributed by atoms with Crippen molar-refractivity contribution in [2.24, 2.45) is 0 Å². The third kappa shape index (κ3) is 6.23. The van der Waals surface area contributed by atoms with E-state index in [9.17, 15) is 13.2 Å². The fraction of sp³-hybridized carbons (Fsp3) is 0.174. The second-order valence-electron chi connectivity index (χ2n) is 6.84. The Morgan fingerprint density at radius 3 is 2.31 bits per heavy atom. The molecule has 0 bridgehead atoms. The molecule has 0 saturated heterocycles. The van der Waals surface area contributed by atoms with Crippen LogP contribution < -0.4 is 10.1 Å². The van der Waals surface area contributed by atoms with Crippen molar-refractivity contribution < 1.29 is 17.9 Å². The first-order chi connectivity index (χ1) is 15.3. The molecule has 1 N–H and O–H groups in total. The fourth-order valence-corrected chi connectivity index (χ4v) is 4.82. The zero-order chi connectivity index (χ0) is 23.1. The molecule has 0 aliphatic heterocycles. The van der Waals surface area contributed by atoms with Crippen LogP contribution in [0.4, 0.5) is 5.69 Å². The van der Waals surface area contributed by atoms with Gasteiger partial charge in [0, 0.05) is 11.6 Å². The Morgan fingerprint density at radius 2 is 1.69 bits per heavy atom. The first-order valence-corrected chi connectivity index (χ1v) is 12.0. The average Bonchev–Trinajstić information content (AvgIpc) is 2.76. The minimum absolute atomic E-state index is 0.0259. The predicted molar refractivity (Wildman–Crippen MR) is 127 cm³/mol. The van der Waals surface area contributed by atoms with E-state index in [1.807, 2.05) is 25.1 Å². The van der Waals surface area contributed by atoms with Gasteiger partial charge in [-0.05, 0) is 55.0 Å². The number of halogens is 2. The van der Waals surface area contributed by atoms with Crippen molar-refractivity contribution >= 4 is 44.8 Å². The summed E-state index contributed by atoms with van der Waals surface area (Å²) in [5.74, 6) is 0.0378. The summed E-state index contributed by atoms with van der Waals surface area (Å²) in [7, 11) is -3.97. The zero-order valence-electron chi connectivity index (χ0n) is 17.3. The van der Waals surface area contributed by atoms with Crippen LogP contribution in [0.3, 0.4) is 0 Å². The Morgan fingerprint density at radius 1 is 1.00 bits per heavy atom. The largest absolute Gasteiger partial charge is 0.494 e. The van der Waals surface area contributed by atoms with Gasteiger partial charge >= 0.3 is 0 Å². The summed E-state index contributed by atoms with van der Waals surface area (Å²) in [4.78, 5) is 12.8. The van der Waals surface area contributed by atoms with Gasteiger partial charge in [-0.1, -0.05) is 53.5 Å². The fourth-order valence-electron chi connectivity index (χ4n) is 2.98. The van der Waals surface area contributed by atoms with Crippen LogP contribution in [0.15, 0.2) is 77.7 Å².